The standard InChI is InChI=1S/C15H19Cl2NO2/c1-3-5-12(4-2)18-9-13(19)10-20-15-7-6-11(16)8-14(15)17/h2,6-8,12-13,18-19H,3,5,9-10H2,1H3. The Morgan fingerprint density at radius 2 is 2.20 bits per heavy atom. The van der Waals surface area contributed by atoms with Gasteiger partial charge in [0, 0.05) is 11.6 Å². The lowest BCUT2D eigenvalue weighted by Gasteiger charge is -2.17. The molecule has 0 heterocycles. The topological polar surface area (TPSA) is 41.5 Å². The highest BCUT2D eigenvalue weighted by atomic mass is 35.5. The van der Waals surface area contributed by atoms with E-state index in [1.807, 2.05) is 0 Å². The van der Waals surface area contributed by atoms with Crippen molar-refractivity contribution < 1.29 is 9.84 Å². The number of benzene rings is 1. The van der Waals surface area contributed by atoms with Gasteiger partial charge < -0.3 is 15.2 Å². The van der Waals surface area contributed by atoms with Crippen LogP contribution in [0.5, 0.6) is 5.75 Å². The zero-order valence-corrected chi connectivity index (χ0v) is 12.9. The Bertz CT molecular complexity index is 460. The Morgan fingerprint density at radius 1 is 1.45 bits per heavy atom. The molecule has 2 N–H and O–H groups in total. The van der Waals surface area contributed by atoms with E-state index in [9.17, 15) is 5.11 Å². The van der Waals surface area contributed by atoms with Crippen molar-refractivity contribution in [2.45, 2.75) is 31.9 Å². The first kappa shape index (κ1) is 17.1. The maximum atomic E-state index is 9.84. The maximum absolute atomic E-state index is 9.84. The molecule has 0 radical (unpaired) electrons. The van der Waals surface area contributed by atoms with Crippen molar-refractivity contribution >= 4 is 23.2 Å². The molecule has 20 heavy (non-hydrogen) atoms. The minimum atomic E-state index is -0.658. The van der Waals surface area contributed by atoms with Crippen molar-refractivity contribution in [2.24, 2.45) is 0 Å². The number of ether oxygens (including phenoxy) is 1. The van der Waals surface area contributed by atoms with Gasteiger partial charge in [-0.1, -0.05) is 42.5 Å². The SMILES string of the molecule is C#CC(CCC)NCC(O)COc1ccc(Cl)cc1Cl. The van der Waals surface area contributed by atoms with Gasteiger partial charge in [0.25, 0.3) is 0 Å². The average molecular weight is 316 g/mol. The zero-order valence-electron chi connectivity index (χ0n) is 11.4. The molecule has 3 nitrogen and oxygen atoms in total. The minimum Gasteiger partial charge on any atom is -0.489 e. The number of nitrogens with one attached hydrogen (secondary N) is 1. The Balaban J connectivity index is 2.36. The second-order valence-electron chi connectivity index (χ2n) is 4.46. The molecule has 110 valence electrons. The van der Waals surface area contributed by atoms with Crippen molar-refractivity contribution in [2.75, 3.05) is 13.2 Å². The lowest BCUT2D eigenvalue weighted by atomic mass is 10.2. The van der Waals surface area contributed by atoms with Gasteiger partial charge in [-0.3, -0.25) is 0 Å². The van der Waals surface area contributed by atoms with Crippen LogP contribution in [0, 0.1) is 12.3 Å². The monoisotopic (exact) mass is 315 g/mol. The van der Waals surface area contributed by atoms with Gasteiger partial charge >= 0.3 is 0 Å². The zero-order chi connectivity index (χ0) is 15.0. The molecular formula is C15H19Cl2NO2. The van der Waals surface area contributed by atoms with Crippen molar-refractivity contribution in [1.82, 2.24) is 5.32 Å². The Hall–Kier alpha value is -0.920. The molecule has 0 aliphatic rings. The third-order valence-corrected chi connectivity index (χ3v) is 3.23. The number of terminal acetylenes is 1. The van der Waals surface area contributed by atoms with Crippen LogP contribution in [0.25, 0.3) is 0 Å². The molecule has 1 aromatic carbocycles. The van der Waals surface area contributed by atoms with Crippen LogP contribution in [-0.4, -0.2) is 30.4 Å². The van der Waals surface area contributed by atoms with Gasteiger partial charge in [-0.05, 0) is 24.6 Å². The van der Waals surface area contributed by atoms with Crippen LogP contribution in [0.15, 0.2) is 18.2 Å². The highest BCUT2D eigenvalue weighted by molar-refractivity contribution is 6.35. The third kappa shape index (κ3) is 6.02. The van der Waals surface area contributed by atoms with Crippen LogP contribution >= 0.6 is 23.2 Å². The maximum Gasteiger partial charge on any atom is 0.138 e. The van der Waals surface area contributed by atoms with E-state index >= 15 is 0 Å². The first-order valence-corrected chi connectivity index (χ1v) is 7.27. The summed E-state index contributed by atoms with van der Waals surface area (Å²) in [4.78, 5) is 0. The molecule has 0 aliphatic carbocycles. The number of halogens is 2. The highest BCUT2D eigenvalue weighted by Crippen LogP contribution is 2.27. The second-order valence-corrected chi connectivity index (χ2v) is 5.30. The molecule has 0 saturated heterocycles. The molecule has 0 fully saturated rings. The molecule has 0 amide bonds. The van der Waals surface area contributed by atoms with Gasteiger partial charge in [-0.2, -0.15) is 0 Å². The van der Waals surface area contributed by atoms with Gasteiger partial charge in [0.05, 0.1) is 11.1 Å². The number of hydrogen-bond donors (Lipinski definition) is 2. The summed E-state index contributed by atoms with van der Waals surface area (Å²) in [5.41, 5.74) is 0. The van der Waals surface area contributed by atoms with Gasteiger partial charge in [0.15, 0.2) is 0 Å². The van der Waals surface area contributed by atoms with E-state index in [0.29, 0.717) is 22.3 Å². The van der Waals surface area contributed by atoms with Crippen LogP contribution in [0.4, 0.5) is 0 Å². The average Bonchev–Trinajstić information content (AvgIpc) is 2.42. The van der Waals surface area contributed by atoms with Crippen molar-refractivity contribution in [3.05, 3.63) is 28.2 Å². The Morgan fingerprint density at radius 3 is 2.80 bits per heavy atom. The van der Waals surface area contributed by atoms with E-state index in [1.54, 1.807) is 18.2 Å². The molecule has 2 atom stereocenters. The summed E-state index contributed by atoms with van der Waals surface area (Å²) in [6.45, 7) is 2.58. The van der Waals surface area contributed by atoms with Crippen LogP contribution in [-0.2, 0) is 0 Å². The predicted octanol–water partition coefficient (Wildman–Crippen LogP) is 3.12. The van der Waals surface area contributed by atoms with E-state index in [4.69, 9.17) is 34.4 Å². The van der Waals surface area contributed by atoms with E-state index in [-0.39, 0.29) is 12.6 Å². The largest absolute Gasteiger partial charge is 0.489 e. The second kappa shape index (κ2) is 9.10. The van der Waals surface area contributed by atoms with Crippen molar-refractivity contribution in [3.63, 3.8) is 0 Å². The molecule has 0 bridgehead atoms. The summed E-state index contributed by atoms with van der Waals surface area (Å²) in [5.74, 6) is 3.15. The first-order chi connectivity index (χ1) is 9.56. The number of hydrogen-bond acceptors (Lipinski definition) is 3. The van der Waals surface area contributed by atoms with Gasteiger partial charge in [0.2, 0.25) is 0 Å². The van der Waals surface area contributed by atoms with Crippen LogP contribution < -0.4 is 10.1 Å². The normalized spacial score (nSPS) is 13.6. The Labute approximate surface area is 130 Å². The van der Waals surface area contributed by atoms with E-state index < -0.39 is 6.10 Å². The van der Waals surface area contributed by atoms with Gasteiger partial charge in [-0.25, -0.2) is 0 Å². The Kier molecular flexibility index (Phi) is 7.79. The predicted molar refractivity (Wildman–Crippen MR) is 83.5 cm³/mol. The first-order valence-electron chi connectivity index (χ1n) is 6.52. The number of rotatable bonds is 8. The lowest BCUT2D eigenvalue weighted by molar-refractivity contribution is 0.105. The molecule has 0 saturated carbocycles. The fraction of sp³-hybridized carbons (Fsp3) is 0.467. The fourth-order valence-corrected chi connectivity index (χ4v) is 2.11. The molecule has 0 aliphatic heterocycles. The van der Waals surface area contributed by atoms with E-state index in [0.717, 1.165) is 12.8 Å². The highest BCUT2D eigenvalue weighted by Gasteiger charge is 2.10. The smallest absolute Gasteiger partial charge is 0.138 e. The van der Waals surface area contributed by atoms with Crippen LogP contribution in [0.1, 0.15) is 19.8 Å². The molecule has 1 aromatic rings. The number of aliphatic hydroxyl groups excluding tert-OH is 1. The molecule has 2 unspecified atom stereocenters. The summed E-state index contributed by atoms with van der Waals surface area (Å²) in [6.07, 6.45) is 6.61. The van der Waals surface area contributed by atoms with E-state index in [1.165, 1.54) is 0 Å². The third-order valence-electron chi connectivity index (χ3n) is 2.70. The lowest BCUT2D eigenvalue weighted by Crippen LogP contribution is -2.37. The molecular weight excluding hydrogens is 297 g/mol. The van der Waals surface area contributed by atoms with Crippen molar-refractivity contribution in [3.8, 4) is 18.1 Å². The summed E-state index contributed by atoms with van der Waals surface area (Å²) >= 11 is 11.8. The number of aliphatic hydroxyl groups is 1. The van der Waals surface area contributed by atoms with Gasteiger partial charge in [-0.15, -0.1) is 6.42 Å². The van der Waals surface area contributed by atoms with Crippen LogP contribution in [0.2, 0.25) is 10.0 Å². The molecule has 0 spiro atoms. The van der Waals surface area contributed by atoms with E-state index in [2.05, 4.69) is 18.2 Å². The quantitative estimate of drug-likeness (QED) is 0.724. The molecule has 0 aromatic heterocycles. The summed E-state index contributed by atoms with van der Waals surface area (Å²) in [6, 6.07) is 4.93. The molecule has 1 rings (SSSR count). The summed E-state index contributed by atoms with van der Waals surface area (Å²) in [5, 5.41) is 13.9. The summed E-state index contributed by atoms with van der Waals surface area (Å²) < 4.78 is 5.45. The summed E-state index contributed by atoms with van der Waals surface area (Å²) in [7, 11) is 0. The van der Waals surface area contributed by atoms with Crippen LogP contribution in [0.3, 0.4) is 0 Å². The fourth-order valence-electron chi connectivity index (χ4n) is 1.65. The molecule has 5 heteroatoms. The minimum absolute atomic E-state index is 0.0197. The van der Waals surface area contributed by atoms with Crippen molar-refractivity contribution in [1.29, 1.82) is 0 Å². The van der Waals surface area contributed by atoms with Gasteiger partial charge in [0.1, 0.15) is 18.5 Å².